The second-order valence-corrected chi connectivity index (χ2v) is 5.12. The molecule has 5 heteroatoms. The van der Waals surface area contributed by atoms with E-state index in [1.54, 1.807) is 0 Å². The molecule has 1 aliphatic heterocycles. The highest BCUT2D eigenvalue weighted by molar-refractivity contribution is 5.32. The molecule has 1 aliphatic carbocycles. The highest BCUT2D eigenvalue weighted by Crippen LogP contribution is 2.34. The van der Waals surface area contributed by atoms with Gasteiger partial charge in [-0.25, -0.2) is 4.98 Å². The number of hydrogen-bond donors (Lipinski definition) is 1. The Kier molecular flexibility index (Phi) is 5.39. The van der Waals surface area contributed by atoms with E-state index >= 15 is 0 Å². The molecule has 1 N–H and O–H groups in total. The Morgan fingerprint density at radius 3 is 2.53 bits per heavy atom. The van der Waals surface area contributed by atoms with Crippen LogP contribution in [0.2, 0.25) is 0 Å². The lowest BCUT2D eigenvalue weighted by Crippen LogP contribution is -2.19. The van der Waals surface area contributed by atoms with Crippen molar-refractivity contribution in [3.05, 3.63) is 18.2 Å². The zero-order valence-electron chi connectivity index (χ0n) is 11.2. The molecule has 2 fully saturated rings. The maximum absolute atomic E-state index is 8.36. The van der Waals surface area contributed by atoms with Crippen LogP contribution in [0.3, 0.4) is 0 Å². The smallest absolute Gasteiger partial charge is 0.290 e. The van der Waals surface area contributed by atoms with Crippen LogP contribution in [-0.2, 0) is 9.53 Å². The van der Waals surface area contributed by atoms with Crippen LogP contribution >= 0.6 is 0 Å². The van der Waals surface area contributed by atoms with Gasteiger partial charge in [0.05, 0.1) is 0 Å². The Hall–Kier alpha value is -1.36. The lowest BCUT2D eigenvalue weighted by Gasteiger charge is -2.24. The van der Waals surface area contributed by atoms with Crippen molar-refractivity contribution in [2.45, 2.75) is 50.5 Å². The first-order valence-corrected chi connectivity index (χ1v) is 7.05. The fourth-order valence-corrected chi connectivity index (χ4v) is 3.09. The van der Waals surface area contributed by atoms with Crippen LogP contribution in [0.15, 0.2) is 12.4 Å². The number of ether oxygens (including phenoxy) is 1. The quantitative estimate of drug-likeness (QED) is 0.836. The third kappa shape index (κ3) is 3.56. The van der Waals surface area contributed by atoms with E-state index in [9.17, 15) is 0 Å². The number of carboxylic acid groups (broad SMARTS) is 1. The fourth-order valence-electron chi connectivity index (χ4n) is 3.09. The molecule has 2 aliphatic rings. The standard InChI is InChI=1S/C13H20N2O.CH2O2/c1-2-4-12(3-1)15-8-7-14-13(15)11-5-9-16-10-6-11;2-1-3/h7-8,11-12H,1-6,9-10H2;1H,(H,2,3). The molecule has 5 nitrogen and oxygen atoms in total. The molecule has 0 spiro atoms. The number of aromatic nitrogens is 2. The molecule has 0 bridgehead atoms. The Morgan fingerprint density at radius 2 is 1.89 bits per heavy atom. The maximum atomic E-state index is 8.36. The van der Waals surface area contributed by atoms with Gasteiger partial charge in [-0.05, 0) is 25.7 Å². The molecule has 1 saturated heterocycles. The van der Waals surface area contributed by atoms with Crippen molar-refractivity contribution in [1.29, 1.82) is 0 Å². The number of imidazole rings is 1. The Morgan fingerprint density at radius 1 is 1.26 bits per heavy atom. The number of carbonyl (C=O) groups is 1. The summed E-state index contributed by atoms with van der Waals surface area (Å²) in [6, 6.07) is 0.723. The van der Waals surface area contributed by atoms with Crippen LogP contribution in [-0.4, -0.2) is 34.3 Å². The van der Waals surface area contributed by atoms with Crippen molar-refractivity contribution in [3.63, 3.8) is 0 Å². The topological polar surface area (TPSA) is 64.3 Å². The minimum Gasteiger partial charge on any atom is -0.483 e. The number of rotatable bonds is 2. The molecule has 0 aromatic carbocycles. The van der Waals surface area contributed by atoms with Gasteiger partial charge in [-0.3, -0.25) is 4.79 Å². The molecule has 0 radical (unpaired) electrons. The van der Waals surface area contributed by atoms with E-state index in [1.807, 2.05) is 6.20 Å². The van der Waals surface area contributed by atoms with Crippen LogP contribution < -0.4 is 0 Å². The number of hydrogen-bond acceptors (Lipinski definition) is 3. The third-order valence-electron chi connectivity index (χ3n) is 4.00. The monoisotopic (exact) mass is 266 g/mol. The minimum atomic E-state index is -0.250. The van der Waals surface area contributed by atoms with Crippen LogP contribution in [0.25, 0.3) is 0 Å². The van der Waals surface area contributed by atoms with Crippen molar-refractivity contribution >= 4 is 6.47 Å². The molecular weight excluding hydrogens is 244 g/mol. The van der Waals surface area contributed by atoms with Crippen molar-refractivity contribution in [2.24, 2.45) is 0 Å². The van der Waals surface area contributed by atoms with Gasteiger partial charge in [0.25, 0.3) is 6.47 Å². The average Bonchev–Trinajstić information content (AvgIpc) is 3.11. The van der Waals surface area contributed by atoms with E-state index in [-0.39, 0.29) is 6.47 Å². The second kappa shape index (κ2) is 7.28. The summed E-state index contributed by atoms with van der Waals surface area (Å²) in [5, 5.41) is 6.89. The molecule has 0 amide bonds. The van der Waals surface area contributed by atoms with Crippen molar-refractivity contribution < 1.29 is 14.6 Å². The van der Waals surface area contributed by atoms with Crippen molar-refractivity contribution in [1.82, 2.24) is 9.55 Å². The van der Waals surface area contributed by atoms with Crippen LogP contribution in [0, 0.1) is 0 Å². The summed E-state index contributed by atoms with van der Waals surface area (Å²) < 4.78 is 7.87. The van der Waals surface area contributed by atoms with Gasteiger partial charge in [0.2, 0.25) is 0 Å². The molecule has 1 saturated carbocycles. The molecule has 2 heterocycles. The largest absolute Gasteiger partial charge is 0.483 e. The zero-order chi connectivity index (χ0) is 13.5. The first kappa shape index (κ1) is 14.1. The highest BCUT2D eigenvalue weighted by Gasteiger charge is 2.24. The van der Waals surface area contributed by atoms with E-state index in [0.29, 0.717) is 5.92 Å². The lowest BCUT2D eigenvalue weighted by atomic mass is 9.99. The molecule has 19 heavy (non-hydrogen) atoms. The van der Waals surface area contributed by atoms with E-state index < -0.39 is 0 Å². The Labute approximate surface area is 113 Å². The summed E-state index contributed by atoms with van der Waals surface area (Å²) in [7, 11) is 0. The Bertz CT molecular complexity index is 380. The van der Waals surface area contributed by atoms with E-state index in [1.165, 1.54) is 31.5 Å². The van der Waals surface area contributed by atoms with Gasteiger partial charge in [-0.2, -0.15) is 0 Å². The summed E-state index contributed by atoms with van der Waals surface area (Å²) >= 11 is 0. The molecule has 0 atom stereocenters. The third-order valence-corrected chi connectivity index (χ3v) is 4.00. The van der Waals surface area contributed by atoms with Crippen LogP contribution in [0.1, 0.15) is 56.3 Å². The molecule has 3 rings (SSSR count). The van der Waals surface area contributed by atoms with Crippen molar-refractivity contribution in [2.75, 3.05) is 13.2 Å². The van der Waals surface area contributed by atoms with E-state index in [4.69, 9.17) is 14.6 Å². The van der Waals surface area contributed by atoms with Crippen LogP contribution in [0.5, 0.6) is 0 Å². The second-order valence-electron chi connectivity index (χ2n) is 5.12. The predicted molar refractivity (Wildman–Crippen MR) is 71.2 cm³/mol. The normalized spacial score (nSPS) is 20.8. The summed E-state index contributed by atoms with van der Waals surface area (Å²) in [5.41, 5.74) is 0. The maximum Gasteiger partial charge on any atom is 0.290 e. The van der Waals surface area contributed by atoms with Gasteiger partial charge >= 0.3 is 0 Å². The van der Waals surface area contributed by atoms with Gasteiger partial charge in [-0.1, -0.05) is 12.8 Å². The highest BCUT2D eigenvalue weighted by atomic mass is 16.5. The number of nitrogens with zero attached hydrogens (tertiary/aromatic N) is 2. The van der Waals surface area contributed by atoms with Crippen LogP contribution in [0.4, 0.5) is 0 Å². The zero-order valence-corrected chi connectivity index (χ0v) is 11.2. The van der Waals surface area contributed by atoms with E-state index in [0.717, 1.165) is 32.1 Å². The van der Waals surface area contributed by atoms with Gasteiger partial charge in [0.15, 0.2) is 0 Å². The average molecular weight is 266 g/mol. The molecular formula is C14H22N2O3. The first-order chi connectivity index (χ1) is 9.36. The summed E-state index contributed by atoms with van der Waals surface area (Å²) in [6.07, 6.45) is 11.9. The van der Waals surface area contributed by atoms with Gasteiger partial charge in [0.1, 0.15) is 5.82 Å². The predicted octanol–water partition coefficient (Wildman–Crippen LogP) is 2.59. The molecule has 1 aromatic heterocycles. The summed E-state index contributed by atoms with van der Waals surface area (Å²) in [6.45, 7) is 1.56. The summed E-state index contributed by atoms with van der Waals surface area (Å²) in [4.78, 5) is 13.0. The first-order valence-electron chi connectivity index (χ1n) is 7.05. The van der Waals surface area contributed by atoms with E-state index in [2.05, 4.69) is 15.7 Å². The molecule has 1 aromatic rings. The Balaban J connectivity index is 0.000000408. The molecule has 0 unspecified atom stereocenters. The molecule has 106 valence electrons. The SMILES string of the molecule is O=CO.c1cn(C2CCCC2)c(C2CCOCC2)n1. The van der Waals surface area contributed by atoms with Crippen molar-refractivity contribution in [3.8, 4) is 0 Å². The summed E-state index contributed by atoms with van der Waals surface area (Å²) in [5.74, 6) is 1.94. The van der Waals surface area contributed by atoms with Gasteiger partial charge in [0, 0.05) is 37.6 Å². The fraction of sp³-hybridized carbons (Fsp3) is 0.714. The minimum absolute atomic E-state index is 0.250. The van der Waals surface area contributed by atoms with Gasteiger partial charge in [-0.15, -0.1) is 0 Å². The van der Waals surface area contributed by atoms with Gasteiger partial charge < -0.3 is 14.4 Å². The lowest BCUT2D eigenvalue weighted by molar-refractivity contribution is -0.122.